The van der Waals surface area contributed by atoms with Gasteiger partial charge in [0.05, 0.1) is 0 Å². The number of hydrogen-bond donors (Lipinski definition) is 1. The molecule has 0 bridgehead atoms. The molecule has 0 unspecified atom stereocenters. The van der Waals surface area contributed by atoms with E-state index in [0.29, 0.717) is 16.9 Å². The Morgan fingerprint density at radius 3 is 2.59 bits per heavy atom. The predicted molar refractivity (Wildman–Crippen MR) is 87.0 cm³/mol. The van der Waals surface area contributed by atoms with E-state index in [2.05, 4.69) is 21.3 Å². The third kappa shape index (κ3) is 4.20. The zero-order valence-electron chi connectivity index (χ0n) is 12.6. The number of aromatic nitrogens is 1. The van der Waals surface area contributed by atoms with E-state index in [-0.39, 0.29) is 5.97 Å². The number of nitrogens with zero attached hydrogens (tertiary/aromatic N) is 1. The number of benzene rings is 1. The Balaban J connectivity index is 2.42. The van der Waals surface area contributed by atoms with Gasteiger partial charge in [-0.25, -0.2) is 0 Å². The van der Waals surface area contributed by atoms with Crippen molar-refractivity contribution in [1.29, 1.82) is 0 Å². The fourth-order valence-corrected chi connectivity index (χ4v) is 2.60. The molecule has 114 valence electrons. The number of carbonyl (C=O) groups excluding carboxylic acids is 1. The van der Waals surface area contributed by atoms with Gasteiger partial charge >= 0.3 is 138 Å². The van der Waals surface area contributed by atoms with Crippen LogP contribution in [-0.4, -0.2) is 28.6 Å². The molecule has 0 saturated heterocycles. The van der Waals surface area contributed by atoms with Crippen LogP contribution in [-0.2, 0) is 9.53 Å². The van der Waals surface area contributed by atoms with Gasteiger partial charge in [0, 0.05) is 0 Å². The molecule has 1 heterocycles. The molecule has 1 aromatic heterocycles. The SMILES string of the molecule is CCOC(=O)/C(=C(\[Se-])Nc1ccccc1)[n+]1cccc(C)c1. The Bertz CT molecular complexity index is 684. The van der Waals surface area contributed by atoms with Crippen LogP contribution in [0.2, 0.25) is 0 Å². The van der Waals surface area contributed by atoms with Crippen molar-refractivity contribution >= 4 is 33.4 Å². The molecule has 0 aliphatic heterocycles. The van der Waals surface area contributed by atoms with Crippen molar-refractivity contribution in [3.8, 4) is 0 Å². The van der Waals surface area contributed by atoms with Crippen LogP contribution in [0, 0.1) is 6.92 Å². The Morgan fingerprint density at radius 2 is 1.95 bits per heavy atom. The van der Waals surface area contributed by atoms with Crippen molar-refractivity contribution in [1.82, 2.24) is 0 Å². The van der Waals surface area contributed by atoms with Crippen molar-refractivity contribution < 1.29 is 14.1 Å². The number of esters is 1. The summed E-state index contributed by atoms with van der Waals surface area (Å²) in [5.41, 5.74) is 2.37. The fraction of sp³-hybridized carbons (Fsp3) is 0.176. The molecule has 1 aromatic carbocycles. The standard InChI is InChI=1S/C17H18N2O2Se/c1-3-21-17(20)15(19-11-7-8-13(2)12-19)16(22)18-14-9-5-4-6-10-14/h4-12H,3H2,1-2H3,(H-,18,20,22). The van der Waals surface area contributed by atoms with Crippen molar-refractivity contribution in [2.45, 2.75) is 13.8 Å². The minimum absolute atomic E-state index is 0.327. The zero-order chi connectivity index (χ0) is 15.9. The monoisotopic (exact) mass is 362 g/mol. The van der Waals surface area contributed by atoms with Gasteiger partial charge in [0.1, 0.15) is 0 Å². The average molecular weight is 361 g/mol. The maximum absolute atomic E-state index is 12.3. The Hall–Kier alpha value is -2.10. The number of aryl methyl sites for hydroxylation is 1. The van der Waals surface area contributed by atoms with Crippen LogP contribution in [0.25, 0.3) is 5.70 Å². The number of rotatable bonds is 5. The van der Waals surface area contributed by atoms with Gasteiger partial charge in [-0.15, -0.1) is 0 Å². The average Bonchev–Trinajstić information content (AvgIpc) is 2.49. The van der Waals surface area contributed by atoms with Crippen LogP contribution in [0.1, 0.15) is 12.5 Å². The molecule has 2 aromatic rings. The summed E-state index contributed by atoms with van der Waals surface area (Å²) in [5, 5.41) is 3.20. The first-order valence-corrected chi connectivity index (χ1v) is 7.86. The van der Waals surface area contributed by atoms with Crippen LogP contribution >= 0.6 is 0 Å². The van der Waals surface area contributed by atoms with E-state index in [1.807, 2.05) is 61.8 Å². The molecular formula is C17H18N2O2Se. The van der Waals surface area contributed by atoms with Gasteiger partial charge in [-0.2, -0.15) is 0 Å². The maximum atomic E-state index is 12.3. The van der Waals surface area contributed by atoms with Crippen LogP contribution < -0.4 is 9.88 Å². The second-order valence-electron chi connectivity index (χ2n) is 4.68. The van der Waals surface area contributed by atoms with Gasteiger partial charge in [-0.05, 0) is 0 Å². The van der Waals surface area contributed by atoms with E-state index in [9.17, 15) is 4.79 Å². The van der Waals surface area contributed by atoms with E-state index < -0.39 is 0 Å². The molecule has 22 heavy (non-hydrogen) atoms. The first-order valence-electron chi connectivity index (χ1n) is 7.00. The van der Waals surface area contributed by atoms with E-state index in [1.165, 1.54) is 0 Å². The van der Waals surface area contributed by atoms with Crippen LogP contribution in [0.5, 0.6) is 0 Å². The van der Waals surface area contributed by atoms with Gasteiger partial charge in [0.25, 0.3) is 0 Å². The number of anilines is 1. The predicted octanol–water partition coefficient (Wildman–Crippen LogP) is 2.25. The molecule has 0 spiro atoms. The zero-order valence-corrected chi connectivity index (χ0v) is 14.3. The minimum atomic E-state index is -0.379. The molecule has 4 nitrogen and oxygen atoms in total. The Morgan fingerprint density at radius 1 is 1.23 bits per heavy atom. The molecule has 1 N–H and O–H groups in total. The fourth-order valence-electron chi connectivity index (χ4n) is 1.96. The molecule has 2 rings (SSSR count). The Labute approximate surface area is 138 Å². The summed E-state index contributed by atoms with van der Waals surface area (Å²) in [6.45, 7) is 4.09. The van der Waals surface area contributed by atoms with Crippen molar-refractivity contribution in [2.75, 3.05) is 11.9 Å². The first-order chi connectivity index (χ1) is 10.6. The molecule has 0 saturated carbocycles. The summed E-state index contributed by atoms with van der Waals surface area (Å²) < 4.78 is 7.55. The summed E-state index contributed by atoms with van der Waals surface area (Å²) in [5.74, 6) is -0.379. The second kappa shape index (κ2) is 7.78. The van der Waals surface area contributed by atoms with Crippen LogP contribution in [0.4, 0.5) is 5.69 Å². The van der Waals surface area contributed by atoms with Crippen LogP contribution in [0.3, 0.4) is 0 Å². The van der Waals surface area contributed by atoms with Gasteiger partial charge in [0.15, 0.2) is 0 Å². The quantitative estimate of drug-likeness (QED) is 0.385. The van der Waals surface area contributed by atoms with Gasteiger partial charge in [0.2, 0.25) is 0 Å². The van der Waals surface area contributed by atoms with Crippen molar-refractivity contribution in [3.63, 3.8) is 0 Å². The topological polar surface area (TPSA) is 42.2 Å². The molecule has 0 atom stereocenters. The molecular weight excluding hydrogens is 343 g/mol. The summed E-state index contributed by atoms with van der Waals surface area (Å²) in [4.78, 5) is 12.3. The van der Waals surface area contributed by atoms with Gasteiger partial charge < -0.3 is 0 Å². The number of nitrogens with one attached hydrogen (secondary N) is 1. The summed E-state index contributed by atoms with van der Waals surface area (Å²) in [6.07, 6.45) is 3.71. The molecule has 0 amide bonds. The molecule has 0 radical (unpaired) electrons. The van der Waals surface area contributed by atoms with Crippen molar-refractivity contribution in [3.05, 3.63) is 65.0 Å². The second-order valence-corrected chi connectivity index (χ2v) is 5.53. The molecule has 0 aliphatic carbocycles. The van der Waals surface area contributed by atoms with Gasteiger partial charge in [-0.3, -0.25) is 0 Å². The number of carbonyl (C=O) groups is 1. The van der Waals surface area contributed by atoms with E-state index in [0.717, 1.165) is 11.3 Å². The van der Waals surface area contributed by atoms with E-state index in [4.69, 9.17) is 4.74 Å². The Kier molecular flexibility index (Phi) is 5.75. The van der Waals surface area contributed by atoms with Crippen molar-refractivity contribution in [2.24, 2.45) is 0 Å². The molecule has 5 heteroatoms. The van der Waals surface area contributed by atoms with E-state index in [1.54, 1.807) is 11.5 Å². The summed E-state index contributed by atoms with van der Waals surface area (Å²) in [7, 11) is 0. The number of pyridine rings is 1. The summed E-state index contributed by atoms with van der Waals surface area (Å²) in [6, 6.07) is 13.5. The van der Waals surface area contributed by atoms with Crippen LogP contribution in [0.15, 0.2) is 59.5 Å². The number of hydrogen-bond acceptors (Lipinski definition) is 3. The number of ether oxygens (including phenoxy) is 1. The normalized spacial score (nSPS) is 11.5. The first kappa shape index (κ1) is 16.3. The third-order valence-corrected chi connectivity index (χ3v) is 3.54. The van der Waals surface area contributed by atoms with E-state index >= 15 is 0 Å². The molecule has 0 aliphatic rings. The number of para-hydroxylation sites is 1. The summed E-state index contributed by atoms with van der Waals surface area (Å²) >= 11 is 2.93. The third-order valence-electron chi connectivity index (χ3n) is 2.92. The van der Waals surface area contributed by atoms with Gasteiger partial charge in [-0.1, -0.05) is 0 Å². The molecule has 0 fully saturated rings.